The lowest BCUT2D eigenvalue weighted by Crippen LogP contribution is -2.36. The Hall–Kier alpha value is -2.55. The number of carbonyl (C=O) groups is 1. The Morgan fingerprint density at radius 1 is 1.05 bits per heavy atom. The number of amides is 1. The van der Waals surface area contributed by atoms with Crippen LogP contribution in [0.1, 0.15) is 17.5 Å². The molecule has 1 amide bonds. The summed E-state index contributed by atoms with van der Waals surface area (Å²) in [7, 11) is 0. The first kappa shape index (κ1) is 13.1. The molecule has 22 heavy (non-hydrogen) atoms. The molecule has 2 aromatic carbocycles. The molecule has 0 saturated heterocycles. The summed E-state index contributed by atoms with van der Waals surface area (Å²) in [5.41, 5.74) is 4.54. The van der Waals surface area contributed by atoms with E-state index in [0.717, 1.165) is 36.3 Å². The van der Waals surface area contributed by atoms with Gasteiger partial charge in [-0.2, -0.15) is 0 Å². The summed E-state index contributed by atoms with van der Waals surface area (Å²) >= 11 is 0. The molecule has 2 aliphatic heterocycles. The van der Waals surface area contributed by atoms with E-state index in [1.54, 1.807) is 0 Å². The highest BCUT2D eigenvalue weighted by molar-refractivity contribution is 6.07. The Bertz CT molecular complexity index is 736. The fourth-order valence-electron chi connectivity index (χ4n) is 3.34. The first-order valence-corrected chi connectivity index (χ1v) is 7.71. The molecule has 110 valence electrons. The Kier molecular flexibility index (Phi) is 3.19. The predicted molar refractivity (Wildman–Crippen MR) is 88.0 cm³/mol. The third-order valence-corrected chi connectivity index (χ3v) is 4.44. The molecule has 2 aliphatic rings. The SMILES string of the molecule is O=C1Nc2ccccc2C2=CN(Cc3ccccc3)CCC12. The molecule has 0 aromatic heterocycles. The largest absolute Gasteiger partial charge is 0.373 e. The second-order valence-corrected chi connectivity index (χ2v) is 5.92. The number of carbonyl (C=O) groups excluding carboxylic acids is 1. The molecule has 2 heterocycles. The topological polar surface area (TPSA) is 32.3 Å². The van der Waals surface area contributed by atoms with Crippen LogP contribution in [0.3, 0.4) is 0 Å². The van der Waals surface area contributed by atoms with Crippen molar-refractivity contribution in [2.24, 2.45) is 5.92 Å². The van der Waals surface area contributed by atoms with Crippen molar-refractivity contribution in [2.75, 3.05) is 11.9 Å². The van der Waals surface area contributed by atoms with Crippen LogP contribution in [0.5, 0.6) is 0 Å². The standard InChI is InChI=1S/C19H18N2O/c22-19-16-10-11-21(12-14-6-2-1-3-7-14)13-17(16)15-8-4-5-9-18(15)20-19/h1-9,13,16H,10-12H2,(H,20,22). The summed E-state index contributed by atoms with van der Waals surface area (Å²) in [6.07, 6.45) is 3.05. The number of hydrogen-bond donors (Lipinski definition) is 1. The summed E-state index contributed by atoms with van der Waals surface area (Å²) in [5, 5.41) is 3.03. The lowest BCUT2D eigenvalue weighted by molar-refractivity contribution is -0.118. The van der Waals surface area contributed by atoms with Crippen LogP contribution in [0.15, 0.2) is 60.8 Å². The highest BCUT2D eigenvalue weighted by Crippen LogP contribution is 2.39. The zero-order valence-electron chi connectivity index (χ0n) is 12.3. The zero-order valence-corrected chi connectivity index (χ0v) is 12.3. The van der Waals surface area contributed by atoms with Crippen LogP contribution < -0.4 is 5.32 Å². The van der Waals surface area contributed by atoms with E-state index in [9.17, 15) is 4.79 Å². The second-order valence-electron chi connectivity index (χ2n) is 5.92. The van der Waals surface area contributed by atoms with E-state index < -0.39 is 0 Å². The summed E-state index contributed by atoms with van der Waals surface area (Å²) in [6.45, 7) is 1.81. The number of para-hydroxylation sites is 1. The van der Waals surface area contributed by atoms with Gasteiger partial charge in [0, 0.05) is 30.5 Å². The number of fused-ring (bicyclic) bond motifs is 3. The summed E-state index contributed by atoms with van der Waals surface area (Å²) < 4.78 is 0. The fraction of sp³-hybridized carbons (Fsp3) is 0.211. The van der Waals surface area contributed by atoms with Crippen LogP contribution in [0.25, 0.3) is 5.57 Å². The third kappa shape index (κ3) is 2.29. The predicted octanol–water partition coefficient (Wildman–Crippen LogP) is 3.50. The molecular formula is C19H18N2O. The molecule has 0 radical (unpaired) electrons. The number of nitrogens with zero attached hydrogens (tertiary/aromatic N) is 1. The van der Waals surface area contributed by atoms with Gasteiger partial charge in [-0.05, 0) is 23.6 Å². The van der Waals surface area contributed by atoms with Crippen LogP contribution in [-0.4, -0.2) is 17.4 Å². The van der Waals surface area contributed by atoms with E-state index in [4.69, 9.17) is 0 Å². The normalized spacial score (nSPS) is 19.8. The van der Waals surface area contributed by atoms with E-state index in [1.807, 2.05) is 24.3 Å². The van der Waals surface area contributed by atoms with Gasteiger partial charge >= 0.3 is 0 Å². The number of benzene rings is 2. The van der Waals surface area contributed by atoms with Crippen LogP contribution in [0, 0.1) is 5.92 Å². The van der Waals surface area contributed by atoms with Crippen LogP contribution >= 0.6 is 0 Å². The third-order valence-electron chi connectivity index (χ3n) is 4.44. The van der Waals surface area contributed by atoms with Gasteiger partial charge in [-0.3, -0.25) is 4.79 Å². The fourth-order valence-corrected chi connectivity index (χ4v) is 3.34. The van der Waals surface area contributed by atoms with Gasteiger partial charge in [-0.15, -0.1) is 0 Å². The lowest BCUT2D eigenvalue weighted by Gasteiger charge is -2.35. The first-order valence-electron chi connectivity index (χ1n) is 7.71. The molecule has 0 aliphatic carbocycles. The maximum absolute atomic E-state index is 12.3. The second kappa shape index (κ2) is 5.34. The van der Waals surface area contributed by atoms with Gasteiger partial charge in [0.05, 0.1) is 5.92 Å². The van der Waals surface area contributed by atoms with E-state index in [0.29, 0.717) is 0 Å². The molecule has 1 N–H and O–H groups in total. The number of nitrogens with one attached hydrogen (secondary N) is 1. The minimum Gasteiger partial charge on any atom is -0.373 e. The molecule has 1 atom stereocenters. The quantitative estimate of drug-likeness (QED) is 0.918. The maximum Gasteiger partial charge on any atom is 0.232 e. The van der Waals surface area contributed by atoms with Crippen LogP contribution in [0.2, 0.25) is 0 Å². The van der Waals surface area contributed by atoms with Gasteiger partial charge in [0.15, 0.2) is 0 Å². The molecule has 0 spiro atoms. The first-order chi connectivity index (χ1) is 10.8. The zero-order chi connectivity index (χ0) is 14.9. The molecule has 0 saturated carbocycles. The molecular weight excluding hydrogens is 272 g/mol. The van der Waals surface area contributed by atoms with Gasteiger partial charge in [0.25, 0.3) is 0 Å². The molecule has 2 aromatic rings. The monoisotopic (exact) mass is 290 g/mol. The molecule has 1 unspecified atom stereocenters. The maximum atomic E-state index is 12.3. The molecule has 4 rings (SSSR count). The Morgan fingerprint density at radius 2 is 1.82 bits per heavy atom. The number of hydrogen-bond acceptors (Lipinski definition) is 2. The highest BCUT2D eigenvalue weighted by Gasteiger charge is 2.33. The van der Waals surface area contributed by atoms with Crippen molar-refractivity contribution in [2.45, 2.75) is 13.0 Å². The van der Waals surface area contributed by atoms with Crippen molar-refractivity contribution >= 4 is 17.2 Å². The smallest absolute Gasteiger partial charge is 0.232 e. The average Bonchev–Trinajstić information content (AvgIpc) is 2.56. The molecule has 3 nitrogen and oxygen atoms in total. The highest BCUT2D eigenvalue weighted by atomic mass is 16.2. The van der Waals surface area contributed by atoms with E-state index in [-0.39, 0.29) is 11.8 Å². The lowest BCUT2D eigenvalue weighted by atomic mass is 9.83. The van der Waals surface area contributed by atoms with Crippen molar-refractivity contribution in [1.29, 1.82) is 0 Å². The summed E-state index contributed by atoms with van der Waals surface area (Å²) in [6, 6.07) is 18.5. The van der Waals surface area contributed by atoms with E-state index in [2.05, 4.69) is 46.7 Å². The van der Waals surface area contributed by atoms with Gasteiger partial charge in [0.1, 0.15) is 0 Å². The van der Waals surface area contributed by atoms with Crippen molar-refractivity contribution in [1.82, 2.24) is 4.90 Å². The van der Waals surface area contributed by atoms with E-state index in [1.165, 1.54) is 5.56 Å². The molecule has 0 fully saturated rings. The van der Waals surface area contributed by atoms with Crippen molar-refractivity contribution in [3.05, 3.63) is 71.9 Å². The molecule has 0 bridgehead atoms. The number of anilines is 1. The van der Waals surface area contributed by atoms with Gasteiger partial charge < -0.3 is 10.2 Å². The van der Waals surface area contributed by atoms with Crippen molar-refractivity contribution in [3.63, 3.8) is 0 Å². The van der Waals surface area contributed by atoms with E-state index >= 15 is 0 Å². The summed E-state index contributed by atoms with van der Waals surface area (Å²) in [5.74, 6) is 0.117. The van der Waals surface area contributed by atoms with Crippen LogP contribution in [-0.2, 0) is 11.3 Å². The Labute approximate surface area is 130 Å². The minimum atomic E-state index is -0.0121. The molecule has 3 heteroatoms. The summed E-state index contributed by atoms with van der Waals surface area (Å²) in [4.78, 5) is 14.6. The Balaban J connectivity index is 1.68. The Morgan fingerprint density at radius 3 is 2.68 bits per heavy atom. The number of rotatable bonds is 2. The minimum absolute atomic E-state index is 0.0121. The van der Waals surface area contributed by atoms with Crippen molar-refractivity contribution < 1.29 is 4.79 Å². The van der Waals surface area contributed by atoms with Crippen LogP contribution in [0.4, 0.5) is 5.69 Å². The average molecular weight is 290 g/mol. The van der Waals surface area contributed by atoms with Crippen molar-refractivity contribution in [3.8, 4) is 0 Å². The van der Waals surface area contributed by atoms with Gasteiger partial charge in [-0.25, -0.2) is 0 Å². The van der Waals surface area contributed by atoms with Gasteiger partial charge in [-0.1, -0.05) is 48.5 Å². The van der Waals surface area contributed by atoms with Gasteiger partial charge in [0.2, 0.25) is 5.91 Å².